The molecule has 0 spiro atoms. The lowest BCUT2D eigenvalue weighted by atomic mass is 10.0. The summed E-state index contributed by atoms with van der Waals surface area (Å²) in [7, 11) is 0. The molecule has 0 bridgehead atoms. The van der Waals surface area contributed by atoms with Gasteiger partial charge in [0.2, 0.25) is 0 Å². The Balaban J connectivity index is 2.85. The summed E-state index contributed by atoms with van der Waals surface area (Å²) >= 11 is 0. The number of hydrogen-bond acceptors (Lipinski definition) is 3. The highest BCUT2D eigenvalue weighted by molar-refractivity contribution is 5.11. The molecule has 0 saturated heterocycles. The average molecular weight is 165 g/mol. The summed E-state index contributed by atoms with van der Waals surface area (Å²) < 4.78 is 0. The second-order valence-electron chi connectivity index (χ2n) is 2.93. The number of nitrogens with zero attached hydrogens (tertiary/aromatic N) is 2. The van der Waals surface area contributed by atoms with Gasteiger partial charge in [-0.1, -0.05) is 6.92 Å². The van der Waals surface area contributed by atoms with Gasteiger partial charge in [0.1, 0.15) is 6.33 Å². The van der Waals surface area contributed by atoms with E-state index in [4.69, 9.17) is 5.73 Å². The molecular formula is C9H15N3. The van der Waals surface area contributed by atoms with E-state index >= 15 is 0 Å². The van der Waals surface area contributed by atoms with Gasteiger partial charge in [-0.3, -0.25) is 0 Å². The van der Waals surface area contributed by atoms with Crippen molar-refractivity contribution in [2.24, 2.45) is 5.73 Å². The fraction of sp³-hybridized carbons (Fsp3) is 0.556. The van der Waals surface area contributed by atoms with Gasteiger partial charge >= 0.3 is 0 Å². The Kier molecular flexibility index (Phi) is 3.17. The predicted molar refractivity (Wildman–Crippen MR) is 48.9 cm³/mol. The van der Waals surface area contributed by atoms with E-state index in [2.05, 4.69) is 16.9 Å². The van der Waals surface area contributed by atoms with Crippen LogP contribution in [0.1, 0.15) is 30.7 Å². The molecule has 0 aliphatic rings. The fourth-order valence-corrected chi connectivity index (χ4v) is 1.19. The maximum absolute atomic E-state index is 5.60. The lowest BCUT2D eigenvalue weighted by molar-refractivity contribution is 0.650. The van der Waals surface area contributed by atoms with Gasteiger partial charge in [0.05, 0.1) is 0 Å². The molecule has 12 heavy (non-hydrogen) atoms. The van der Waals surface area contributed by atoms with Crippen molar-refractivity contribution in [3.8, 4) is 0 Å². The van der Waals surface area contributed by atoms with Crippen LogP contribution >= 0.6 is 0 Å². The van der Waals surface area contributed by atoms with Crippen LogP contribution in [0.3, 0.4) is 0 Å². The van der Waals surface area contributed by atoms with Gasteiger partial charge in [-0.2, -0.15) is 0 Å². The third-order valence-corrected chi connectivity index (χ3v) is 2.02. The molecule has 1 heterocycles. The molecule has 0 aliphatic carbocycles. The minimum absolute atomic E-state index is 0.381. The van der Waals surface area contributed by atoms with Gasteiger partial charge < -0.3 is 5.73 Å². The third-order valence-electron chi connectivity index (χ3n) is 2.02. The molecule has 1 rings (SSSR count). The molecule has 0 fully saturated rings. The third kappa shape index (κ3) is 2.01. The molecule has 1 aromatic heterocycles. The Hall–Kier alpha value is -0.960. The first-order valence-corrected chi connectivity index (χ1v) is 4.26. The highest BCUT2D eigenvalue weighted by Crippen LogP contribution is 2.14. The number of nitrogens with two attached hydrogens (primary N) is 1. The zero-order chi connectivity index (χ0) is 8.97. The number of hydrogen-bond donors (Lipinski definition) is 1. The van der Waals surface area contributed by atoms with Crippen LogP contribution in [0.15, 0.2) is 12.4 Å². The molecule has 1 aromatic rings. The molecule has 3 nitrogen and oxygen atoms in total. The Bertz CT molecular complexity index is 243. The van der Waals surface area contributed by atoms with Gasteiger partial charge in [-0.25, -0.2) is 9.97 Å². The molecule has 0 saturated carbocycles. The lowest BCUT2D eigenvalue weighted by Gasteiger charge is -2.10. The minimum atomic E-state index is 0.381. The van der Waals surface area contributed by atoms with E-state index in [0.717, 1.165) is 17.8 Å². The molecule has 0 amide bonds. The molecule has 66 valence electrons. The second-order valence-corrected chi connectivity index (χ2v) is 2.93. The maximum atomic E-state index is 5.60. The molecule has 1 atom stereocenters. The van der Waals surface area contributed by atoms with Crippen LogP contribution in [0.4, 0.5) is 0 Å². The predicted octanol–water partition coefficient (Wildman–Crippen LogP) is 1.24. The number of aryl methyl sites for hydroxylation is 1. The quantitative estimate of drug-likeness (QED) is 0.733. The van der Waals surface area contributed by atoms with Crippen molar-refractivity contribution in [2.75, 3.05) is 6.54 Å². The maximum Gasteiger partial charge on any atom is 0.115 e. The summed E-state index contributed by atoms with van der Waals surface area (Å²) in [6.45, 7) is 4.75. The zero-order valence-corrected chi connectivity index (χ0v) is 7.62. The first kappa shape index (κ1) is 9.13. The van der Waals surface area contributed by atoms with Gasteiger partial charge in [-0.15, -0.1) is 0 Å². The van der Waals surface area contributed by atoms with Crippen molar-refractivity contribution < 1.29 is 0 Å². The van der Waals surface area contributed by atoms with Crippen molar-refractivity contribution in [3.63, 3.8) is 0 Å². The molecule has 2 N–H and O–H groups in total. The van der Waals surface area contributed by atoms with Gasteiger partial charge in [0.25, 0.3) is 0 Å². The highest BCUT2D eigenvalue weighted by atomic mass is 14.8. The standard InChI is InChI=1S/C9H15N3/c1-3-8(5-10)9-4-7(2)11-6-12-9/h4,6,8H,3,5,10H2,1-2H3/t8-/m0/s1. The average Bonchev–Trinajstić information content (AvgIpc) is 2.07. The van der Waals surface area contributed by atoms with Crippen LogP contribution in [-0.2, 0) is 0 Å². The van der Waals surface area contributed by atoms with Crippen molar-refractivity contribution >= 4 is 0 Å². The summed E-state index contributed by atoms with van der Waals surface area (Å²) in [4.78, 5) is 8.23. The largest absolute Gasteiger partial charge is 0.330 e. The Morgan fingerprint density at radius 3 is 2.75 bits per heavy atom. The van der Waals surface area contributed by atoms with Gasteiger partial charge in [0.15, 0.2) is 0 Å². The minimum Gasteiger partial charge on any atom is -0.330 e. The molecule has 0 unspecified atom stereocenters. The van der Waals surface area contributed by atoms with Crippen molar-refractivity contribution in [3.05, 3.63) is 23.8 Å². The summed E-state index contributed by atoms with van der Waals surface area (Å²) in [5.74, 6) is 0.381. The van der Waals surface area contributed by atoms with E-state index < -0.39 is 0 Å². The second kappa shape index (κ2) is 4.16. The Labute approximate surface area is 73.0 Å². The van der Waals surface area contributed by atoms with E-state index in [1.165, 1.54) is 0 Å². The van der Waals surface area contributed by atoms with E-state index in [9.17, 15) is 0 Å². The summed E-state index contributed by atoms with van der Waals surface area (Å²) in [5.41, 5.74) is 7.67. The fourth-order valence-electron chi connectivity index (χ4n) is 1.19. The van der Waals surface area contributed by atoms with E-state index in [1.54, 1.807) is 6.33 Å². The SMILES string of the molecule is CC[C@@H](CN)c1cc(C)ncn1. The lowest BCUT2D eigenvalue weighted by Crippen LogP contribution is -2.13. The van der Waals surface area contributed by atoms with Crippen molar-refractivity contribution in [1.29, 1.82) is 0 Å². The van der Waals surface area contributed by atoms with Crippen molar-refractivity contribution in [2.45, 2.75) is 26.2 Å². The Morgan fingerprint density at radius 2 is 2.25 bits per heavy atom. The first-order valence-electron chi connectivity index (χ1n) is 4.26. The Morgan fingerprint density at radius 1 is 1.50 bits per heavy atom. The van der Waals surface area contributed by atoms with Crippen LogP contribution < -0.4 is 5.73 Å². The smallest absolute Gasteiger partial charge is 0.115 e. The van der Waals surface area contributed by atoms with E-state index in [-0.39, 0.29) is 0 Å². The number of rotatable bonds is 3. The molecular weight excluding hydrogens is 150 g/mol. The molecule has 3 heteroatoms. The molecule has 0 radical (unpaired) electrons. The van der Waals surface area contributed by atoms with Crippen LogP contribution in [0.25, 0.3) is 0 Å². The highest BCUT2D eigenvalue weighted by Gasteiger charge is 2.07. The first-order chi connectivity index (χ1) is 5.77. The van der Waals surface area contributed by atoms with E-state index in [1.807, 2.05) is 13.0 Å². The molecule has 0 aliphatic heterocycles. The van der Waals surface area contributed by atoms with Crippen LogP contribution in [0.5, 0.6) is 0 Å². The molecule has 0 aromatic carbocycles. The monoisotopic (exact) mass is 165 g/mol. The normalized spacial score (nSPS) is 12.9. The van der Waals surface area contributed by atoms with Gasteiger partial charge in [-0.05, 0) is 19.4 Å². The summed E-state index contributed by atoms with van der Waals surface area (Å²) in [6.07, 6.45) is 2.63. The number of aromatic nitrogens is 2. The summed E-state index contributed by atoms with van der Waals surface area (Å²) in [5, 5.41) is 0. The van der Waals surface area contributed by atoms with Crippen LogP contribution in [0.2, 0.25) is 0 Å². The van der Waals surface area contributed by atoms with Gasteiger partial charge in [0, 0.05) is 23.9 Å². The van der Waals surface area contributed by atoms with Crippen LogP contribution in [0, 0.1) is 6.92 Å². The topological polar surface area (TPSA) is 51.8 Å². The van der Waals surface area contributed by atoms with Crippen LogP contribution in [-0.4, -0.2) is 16.5 Å². The zero-order valence-electron chi connectivity index (χ0n) is 7.62. The van der Waals surface area contributed by atoms with Crippen molar-refractivity contribution in [1.82, 2.24) is 9.97 Å². The summed E-state index contributed by atoms with van der Waals surface area (Å²) in [6, 6.07) is 2.00. The van der Waals surface area contributed by atoms with E-state index in [0.29, 0.717) is 12.5 Å².